The van der Waals surface area contributed by atoms with Crippen LogP contribution in [0.5, 0.6) is 0 Å². The summed E-state index contributed by atoms with van der Waals surface area (Å²) >= 11 is 0. The lowest BCUT2D eigenvalue weighted by molar-refractivity contribution is -0.141. The van der Waals surface area contributed by atoms with Crippen molar-refractivity contribution in [3.63, 3.8) is 0 Å². The number of nitrogens with one attached hydrogen (secondary N) is 1. The van der Waals surface area contributed by atoms with E-state index in [0.717, 1.165) is 24.2 Å². The molecular weight excluding hydrogens is 272 g/mol. The van der Waals surface area contributed by atoms with E-state index in [1.165, 1.54) is 4.90 Å². The first-order chi connectivity index (χ1) is 10.1. The number of carboxylic acids is 1. The third-order valence-corrected chi connectivity index (χ3v) is 4.20. The van der Waals surface area contributed by atoms with Crippen molar-refractivity contribution in [3.8, 4) is 0 Å². The number of rotatable bonds is 3. The van der Waals surface area contributed by atoms with E-state index in [2.05, 4.69) is 5.32 Å². The van der Waals surface area contributed by atoms with E-state index in [1.807, 2.05) is 12.1 Å². The summed E-state index contributed by atoms with van der Waals surface area (Å²) in [5, 5.41) is 12.5. The first kappa shape index (κ1) is 13.9. The number of amides is 1. The minimum atomic E-state index is -0.981. The molecule has 112 valence electrons. The first-order valence-electron chi connectivity index (χ1n) is 7.03. The molecule has 1 saturated heterocycles. The van der Waals surface area contributed by atoms with Gasteiger partial charge in [0, 0.05) is 37.9 Å². The van der Waals surface area contributed by atoms with Crippen LogP contribution in [0.1, 0.15) is 22.3 Å². The average molecular weight is 290 g/mol. The average Bonchev–Trinajstić information content (AvgIpc) is 3.11. The Labute approximate surface area is 122 Å². The van der Waals surface area contributed by atoms with Gasteiger partial charge in [0.1, 0.15) is 6.04 Å². The molecule has 0 aliphatic carbocycles. The van der Waals surface area contributed by atoms with E-state index in [-0.39, 0.29) is 12.0 Å². The van der Waals surface area contributed by atoms with E-state index in [1.54, 1.807) is 13.2 Å². The van der Waals surface area contributed by atoms with Crippen molar-refractivity contribution >= 4 is 17.6 Å². The molecule has 2 N–H and O–H groups in total. The molecule has 0 aromatic heterocycles. The number of benzene rings is 1. The van der Waals surface area contributed by atoms with Crippen LogP contribution in [0.15, 0.2) is 18.2 Å². The summed E-state index contributed by atoms with van der Waals surface area (Å²) in [7, 11) is 1.54. The predicted molar refractivity (Wildman–Crippen MR) is 76.5 cm³/mol. The molecular formula is C15H18N2O4. The maximum absolute atomic E-state index is 12.6. The number of ether oxygens (including phenoxy) is 1. The molecule has 1 amide bonds. The Morgan fingerprint density at radius 1 is 1.43 bits per heavy atom. The summed E-state index contributed by atoms with van der Waals surface area (Å²) in [6.07, 6.45) is 1.01. The van der Waals surface area contributed by atoms with Gasteiger partial charge in [0.2, 0.25) is 0 Å². The molecule has 21 heavy (non-hydrogen) atoms. The lowest BCUT2D eigenvalue weighted by Gasteiger charge is -2.21. The molecule has 2 unspecified atom stereocenters. The van der Waals surface area contributed by atoms with Crippen molar-refractivity contribution in [1.82, 2.24) is 4.90 Å². The monoisotopic (exact) mass is 290 g/mol. The molecule has 2 aliphatic heterocycles. The summed E-state index contributed by atoms with van der Waals surface area (Å²) < 4.78 is 5.21. The zero-order valence-electron chi connectivity index (χ0n) is 11.8. The van der Waals surface area contributed by atoms with Crippen LogP contribution in [-0.4, -0.2) is 54.2 Å². The normalized spacial score (nSPS) is 23.8. The fourth-order valence-electron chi connectivity index (χ4n) is 3.03. The Morgan fingerprint density at radius 2 is 2.24 bits per heavy atom. The number of carbonyl (C=O) groups is 2. The van der Waals surface area contributed by atoms with Gasteiger partial charge in [-0.1, -0.05) is 0 Å². The highest BCUT2D eigenvalue weighted by Crippen LogP contribution is 2.26. The van der Waals surface area contributed by atoms with Crippen molar-refractivity contribution in [2.45, 2.75) is 25.0 Å². The molecule has 0 spiro atoms. The first-order valence-corrected chi connectivity index (χ1v) is 7.03. The second-order valence-electron chi connectivity index (χ2n) is 5.45. The number of carbonyl (C=O) groups excluding carboxylic acids is 1. The highest BCUT2D eigenvalue weighted by Gasteiger charge is 2.40. The molecule has 2 atom stereocenters. The number of fused-ring (bicyclic) bond motifs is 1. The van der Waals surface area contributed by atoms with Crippen LogP contribution in [0.25, 0.3) is 0 Å². The lowest BCUT2D eigenvalue weighted by Crippen LogP contribution is -2.40. The van der Waals surface area contributed by atoms with Crippen molar-refractivity contribution in [3.05, 3.63) is 29.3 Å². The number of likely N-dealkylation sites (tertiary alicyclic amines) is 1. The molecule has 2 heterocycles. The summed E-state index contributed by atoms with van der Waals surface area (Å²) in [5.41, 5.74) is 2.70. The molecule has 6 nitrogen and oxygen atoms in total. The molecule has 0 bridgehead atoms. The highest BCUT2D eigenvalue weighted by molar-refractivity contribution is 5.97. The second-order valence-corrected chi connectivity index (χ2v) is 5.45. The van der Waals surface area contributed by atoms with Gasteiger partial charge >= 0.3 is 5.97 Å². The van der Waals surface area contributed by atoms with Gasteiger partial charge in [-0.05, 0) is 30.2 Å². The molecule has 1 fully saturated rings. The summed E-state index contributed by atoms with van der Waals surface area (Å²) in [4.78, 5) is 25.4. The topological polar surface area (TPSA) is 78.9 Å². The van der Waals surface area contributed by atoms with E-state index in [0.29, 0.717) is 18.5 Å². The molecule has 0 saturated carbocycles. The summed E-state index contributed by atoms with van der Waals surface area (Å²) in [5.74, 6) is -1.22. The van der Waals surface area contributed by atoms with E-state index < -0.39 is 12.0 Å². The van der Waals surface area contributed by atoms with Gasteiger partial charge in [-0.3, -0.25) is 4.79 Å². The third kappa shape index (κ3) is 2.47. The molecule has 6 heteroatoms. The standard InChI is InChI=1S/C15H18N2O4/c1-21-11-7-13(15(19)20)17(8-11)14(18)10-2-3-12-9(6-10)4-5-16-12/h2-3,6,11,13,16H,4-5,7-8H2,1H3,(H,19,20). The molecule has 3 rings (SSSR count). The number of carboxylic acid groups (broad SMARTS) is 1. The Kier molecular flexibility index (Phi) is 3.55. The van der Waals surface area contributed by atoms with Crippen molar-refractivity contribution in [2.24, 2.45) is 0 Å². The minimum absolute atomic E-state index is 0.217. The Hall–Kier alpha value is -2.08. The van der Waals surface area contributed by atoms with Crippen LogP contribution in [0.4, 0.5) is 5.69 Å². The molecule has 1 aromatic carbocycles. The number of aliphatic carboxylic acids is 1. The van der Waals surface area contributed by atoms with Gasteiger partial charge < -0.3 is 20.1 Å². The Morgan fingerprint density at radius 3 is 2.95 bits per heavy atom. The van der Waals surface area contributed by atoms with Crippen molar-refractivity contribution in [2.75, 3.05) is 25.5 Å². The quantitative estimate of drug-likeness (QED) is 0.867. The van der Waals surface area contributed by atoms with E-state index in [4.69, 9.17) is 4.74 Å². The largest absolute Gasteiger partial charge is 0.480 e. The SMILES string of the molecule is COC1CC(C(=O)O)N(C(=O)c2ccc3c(c2)CCN3)C1. The molecule has 0 radical (unpaired) electrons. The maximum atomic E-state index is 12.6. The maximum Gasteiger partial charge on any atom is 0.326 e. The lowest BCUT2D eigenvalue weighted by atomic mass is 10.1. The summed E-state index contributed by atoms with van der Waals surface area (Å²) in [6, 6.07) is 4.68. The molecule has 2 aliphatic rings. The van der Waals surface area contributed by atoms with Crippen molar-refractivity contribution in [1.29, 1.82) is 0 Å². The van der Waals surface area contributed by atoms with Crippen LogP contribution < -0.4 is 5.32 Å². The Bertz CT molecular complexity index is 587. The van der Waals surface area contributed by atoms with Crippen LogP contribution in [0.3, 0.4) is 0 Å². The van der Waals surface area contributed by atoms with Crippen LogP contribution in [-0.2, 0) is 16.0 Å². The van der Waals surface area contributed by atoms with Crippen LogP contribution in [0.2, 0.25) is 0 Å². The van der Waals surface area contributed by atoms with Crippen LogP contribution >= 0.6 is 0 Å². The number of anilines is 1. The zero-order chi connectivity index (χ0) is 15.0. The Balaban J connectivity index is 1.85. The van der Waals surface area contributed by atoms with E-state index >= 15 is 0 Å². The molecule has 1 aromatic rings. The van der Waals surface area contributed by atoms with Gasteiger partial charge in [-0.15, -0.1) is 0 Å². The fraction of sp³-hybridized carbons (Fsp3) is 0.467. The summed E-state index contributed by atoms with van der Waals surface area (Å²) in [6.45, 7) is 1.20. The van der Waals surface area contributed by atoms with Gasteiger partial charge in [0.05, 0.1) is 6.10 Å². The predicted octanol–water partition coefficient (Wildman–Crippen LogP) is 0.969. The number of nitrogens with zero attached hydrogens (tertiary/aromatic N) is 1. The number of methoxy groups -OCH3 is 1. The number of hydrogen-bond donors (Lipinski definition) is 2. The second kappa shape index (κ2) is 5.37. The van der Waals surface area contributed by atoms with Gasteiger partial charge in [-0.25, -0.2) is 4.79 Å². The van der Waals surface area contributed by atoms with Crippen molar-refractivity contribution < 1.29 is 19.4 Å². The highest BCUT2D eigenvalue weighted by atomic mass is 16.5. The van der Waals surface area contributed by atoms with Gasteiger partial charge in [0.25, 0.3) is 5.91 Å². The third-order valence-electron chi connectivity index (χ3n) is 4.20. The minimum Gasteiger partial charge on any atom is -0.480 e. The van der Waals surface area contributed by atoms with Crippen LogP contribution in [0, 0.1) is 0 Å². The van der Waals surface area contributed by atoms with Gasteiger partial charge in [0.15, 0.2) is 0 Å². The fourth-order valence-corrected chi connectivity index (χ4v) is 3.03. The smallest absolute Gasteiger partial charge is 0.326 e. The van der Waals surface area contributed by atoms with Gasteiger partial charge in [-0.2, -0.15) is 0 Å². The van der Waals surface area contributed by atoms with E-state index in [9.17, 15) is 14.7 Å². The number of hydrogen-bond acceptors (Lipinski definition) is 4. The zero-order valence-corrected chi connectivity index (χ0v) is 11.8.